The average molecular weight is 498 g/mol. The zero-order valence-electron chi connectivity index (χ0n) is 21.4. The number of hydrogen-bond acceptors (Lipinski definition) is 7. The number of aromatic amines is 1. The largest absolute Gasteiger partial charge is 0.489 e. The fraction of sp³-hybridized carbons (Fsp3) is 0.462. The molecule has 0 fully saturated rings. The summed E-state index contributed by atoms with van der Waals surface area (Å²) in [6.45, 7) is 8.59. The SMILES string of the molecule is CCCCCN(C(=O)c1cccc(OCc2c(C)noc2C)c1)c1c(N)n(CCCC)c(=O)[nH]c1=O. The summed E-state index contributed by atoms with van der Waals surface area (Å²) in [6.07, 6.45) is 4.05. The summed E-state index contributed by atoms with van der Waals surface area (Å²) < 4.78 is 12.4. The number of hydrogen-bond donors (Lipinski definition) is 2. The van der Waals surface area contributed by atoms with E-state index >= 15 is 0 Å². The third kappa shape index (κ3) is 6.05. The van der Waals surface area contributed by atoms with Crippen molar-refractivity contribution >= 4 is 17.4 Å². The van der Waals surface area contributed by atoms with Crippen LogP contribution in [0.15, 0.2) is 38.4 Å². The highest BCUT2D eigenvalue weighted by Gasteiger charge is 2.25. The number of carbonyl (C=O) groups excluding carboxylic acids is 1. The Kier molecular flexibility index (Phi) is 9.10. The van der Waals surface area contributed by atoms with E-state index < -0.39 is 17.2 Å². The number of nitrogens with one attached hydrogen (secondary N) is 1. The van der Waals surface area contributed by atoms with Crippen molar-refractivity contribution in [1.82, 2.24) is 14.7 Å². The number of ether oxygens (including phenoxy) is 1. The number of nitrogens with zero attached hydrogens (tertiary/aromatic N) is 3. The number of nitrogens with two attached hydrogens (primary N) is 1. The summed E-state index contributed by atoms with van der Waals surface area (Å²) in [5.41, 5.74) is 6.99. The molecule has 1 amide bonds. The van der Waals surface area contributed by atoms with E-state index in [4.69, 9.17) is 15.0 Å². The highest BCUT2D eigenvalue weighted by atomic mass is 16.5. The van der Waals surface area contributed by atoms with Gasteiger partial charge in [-0.1, -0.05) is 44.3 Å². The van der Waals surface area contributed by atoms with Gasteiger partial charge in [-0.05, 0) is 44.9 Å². The molecule has 0 aliphatic rings. The van der Waals surface area contributed by atoms with Crippen LogP contribution < -0.4 is 26.6 Å². The normalized spacial score (nSPS) is 11.0. The Bertz CT molecular complexity index is 1290. The Morgan fingerprint density at radius 3 is 2.58 bits per heavy atom. The molecule has 0 bridgehead atoms. The second-order valence-corrected chi connectivity index (χ2v) is 8.78. The van der Waals surface area contributed by atoms with E-state index in [9.17, 15) is 14.4 Å². The predicted octanol–water partition coefficient (Wildman–Crippen LogP) is 3.94. The number of H-pyrrole nitrogens is 1. The maximum absolute atomic E-state index is 13.7. The van der Waals surface area contributed by atoms with Crippen LogP contribution in [0.3, 0.4) is 0 Å². The molecule has 194 valence electrons. The topological polar surface area (TPSA) is 136 Å². The highest BCUT2D eigenvalue weighted by molar-refractivity contribution is 6.07. The van der Waals surface area contributed by atoms with Gasteiger partial charge < -0.3 is 19.9 Å². The van der Waals surface area contributed by atoms with Crippen LogP contribution in [0.4, 0.5) is 11.5 Å². The molecular weight excluding hydrogens is 462 g/mol. The molecule has 3 aromatic rings. The Morgan fingerprint density at radius 2 is 1.92 bits per heavy atom. The van der Waals surface area contributed by atoms with Gasteiger partial charge in [0.05, 0.1) is 11.3 Å². The van der Waals surface area contributed by atoms with Crippen molar-refractivity contribution < 1.29 is 14.1 Å². The lowest BCUT2D eigenvalue weighted by atomic mass is 10.1. The molecule has 3 rings (SSSR count). The highest BCUT2D eigenvalue weighted by Crippen LogP contribution is 2.23. The minimum absolute atomic E-state index is 0.00570. The van der Waals surface area contributed by atoms with Gasteiger partial charge in [0.15, 0.2) is 5.69 Å². The molecule has 0 radical (unpaired) electrons. The minimum Gasteiger partial charge on any atom is -0.489 e. The van der Waals surface area contributed by atoms with E-state index in [1.807, 2.05) is 20.8 Å². The fourth-order valence-corrected chi connectivity index (χ4v) is 3.95. The molecule has 0 aliphatic heterocycles. The van der Waals surface area contributed by atoms with Crippen molar-refractivity contribution in [2.45, 2.75) is 73.0 Å². The van der Waals surface area contributed by atoms with Crippen molar-refractivity contribution in [3.05, 3.63) is 67.7 Å². The van der Waals surface area contributed by atoms with Gasteiger partial charge in [-0.2, -0.15) is 0 Å². The number of carbonyl (C=O) groups is 1. The van der Waals surface area contributed by atoms with Gasteiger partial charge >= 0.3 is 5.69 Å². The van der Waals surface area contributed by atoms with Gasteiger partial charge in [-0.25, -0.2) is 4.79 Å². The van der Waals surface area contributed by atoms with Gasteiger partial charge in [0.25, 0.3) is 11.5 Å². The molecule has 36 heavy (non-hydrogen) atoms. The molecule has 2 aromatic heterocycles. The molecular formula is C26H35N5O5. The Labute approximate surface area is 210 Å². The molecule has 0 saturated carbocycles. The number of unbranched alkanes of at least 4 members (excludes halogenated alkanes) is 3. The fourth-order valence-electron chi connectivity index (χ4n) is 3.95. The molecule has 0 spiro atoms. The number of aryl methyl sites for hydroxylation is 2. The summed E-state index contributed by atoms with van der Waals surface area (Å²) in [5.74, 6) is 0.763. The summed E-state index contributed by atoms with van der Waals surface area (Å²) in [6, 6.07) is 6.76. The predicted molar refractivity (Wildman–Crippen MR) is 139 cm³/mol. The standard InChI is InChI=1S/C26H35N5O5/c1-5-7-9-14-30(22-23(27)31(13-8-6-2)26(34)28-24(22)32)25(33)19-11-10-12-20(15-19)35-16-21-17(3)29-36-18(21)4/h10-12,15H,5-9,13-14,16,27H2,1-4H3,(H,28,32,34). The van der Waals surface area contributed by atoms with Crippen LogP contribution >= 0.6 is 0 Å². The molecule has 10 nitrogen and oxygen atoms in total. The zero-order chi connectivity index (χ0) is 26.2. The molecule has 1 aromatic carbocycles. The van der Waals surface area contributed by atoms with E-state index in [1.165, 1.54) is 9.47 Å². The second kappa shape index (κ2) is 12.2. The van der Waals surface area contributed by atoms with Crippen LogP contribution in [-0.4, -0.2) is 27.2 Å². The minimum atomic E-state index is -0.680. The van der Waals surface area contributed by atoms with Crippen molar-refractivity contribution in [3.63, 3.8) is 0 Å². The molecule has 0 saturated heterocycles. The number of amides is 1. The van der Waals surface area contributed by atoms with E-state index in [-0.39, 0.29) is 24.7 Å². The van der Waals surface area contributed by atoms with Crippen LogP contribution in [-0.2, 0) is 13.2 Å². The first-order valence-electron chi connectivity index (χ1n) is 12.4. The van der Waals surface area contributed by atoms with Gasteiger partial charge in [-0.15, -0.1) is 0 Å². The summed E-state index contributed by atoms with van der Waals surface area (Å²) in [5, 5.41) is 3.93. The van der Waals surface area contributed by atoms with Crippen LogP contribution in [0.1, 0.15) is 73.3 Å². The smallest absolute Gasteiger partial charge is 0.330 e. The lowest BCUT2D eigenvalue weighted by Gasteiger charge is -2.25. The van der Waals surface area contributed by atoms with Crippen molar-refractivity contribution in [2.75, 3.05) is 17.2 Å². The zero-order valence-corrected chi connectivity index (χ0v) is 21.4. The number of benzene rings is 1. The van der Waals surface area contributed by atoms with Gasteiger partial charge in [0, 0.05) is 18.7 Å². The lowest BCUT2D eigenvalue weighted by molar-refractivity contribution is 0.0985. The van der Waals surface area contributed by atoms with Crippen LogP contribution in [0, 0.1) is 13.8 Å². The van der Waals surface area contributed by atoms with Gasteiger partial charge in [0.1, 0.15) is 23.9 Å². The summed E-state index contributed by atoms with van der Waals surface area (Å²) in [7, 11) is 0. The number of nitrogen functional groups attached to an aromatic ring is 1. The quantitative estimate of drug-likeness (QED) is 0.362. The van der Waals surface area contributed by atoms with Gasteiger partial charge in [0.2, 0.25) is 0 Å². The van der Waals surface area contributed by atoms with Crippen LogP contribution in [0.5, 0.6) is 5.75 Å². The maximum atomic E-state index is 13.7. The van der Waals surface area contributed by atoms with Crippen molar-refractivity contribution in [1.29, 1.82) is 0 Å². The molecule has 10 heteroatoms. The van der Waals surface area contributed by atoms with E-state index in [1.54, 1.807) is 24.3 Å². The monoisotopic (exact) mass is 497 g/mol. The first-order chi connectivity index (χ1) is 17.3. The molecule has 0 unspecified atom stereocenters. The third-order valence-corrected chi connectivity index (χ3v) is 6.10. The molecule has 0 aliphatic carbocycles. The van der Waals surface area contributed by atoms with E-state index in [0.29, 0.717) is 36.5 Å². The number of rotatable bonds is 12. The van der Waals surface area contributed by atoms with Crippen molar-refractivity contribution in [3.8, 4) is 5.75 Å². The first-order valence-corrected chi connectivity index (χ1v) is 12.4. The second-order valence-electron chi connectivity index (χ2n) is 8.78. The van der Waals surface area contributed by atoms with Crippen molar-refractivity contribution in [2.24, 2.45) is 0 Å². The molecule has 2 heterocycles. The molecule has 3 N–H and O–H groups in total. The van der Waals surface area contributed by atoms with E-state index in [2.05, 4.69) is 17.1 Å². The summed E-state index contributed by atoms with van der Waals surface area (Å²) >= 11 is 0. The average Bonchev–Trinajstić information content (AvgIpc) is 3.18. The molecule has 0 atom stereocenters. The number of aromatic nitrogens is 3. The Hall–Kier alpha value is -3.82. The third-order valence-electron chi connectivity index (χ3n) is 6.10. The van der Waals surface area contributed by atoms with Crippen LogP contribution in [0.25, 0.3) is 0 Å². The maximum Gasteiger partial charge on any atom is 0.330 e. The summed E-state index contributed by atoms with van der Waals surface area (Å²) in [4.78, 5) is 42.7. The lowest BCUT2D eigenvalue weighted by Crippen LogP contribution is -2.41. The van der Waals surface area contributed by atoms with E-state index in [0.717, 1.165) is 30.5 Å². The van der Waals surface area contributed by atoms with Crippen LogP contribution in [0.2, 0.25) is 0 Å². The Morgan fingerprint density at radius 1 is 1.17 bits per heavy atom. The number of anilines is 2. The Balaban J connectivity index is 1.95. The first kappa shape index (κ1) is 26.8. The van der Waals surface area contributed by atoms with Gasteiger partial charge in [-0.3, -0.25) is 19.1 Å².